The molecule has 3 nitrogen and oxygen atoms in total. The highest BCUT2D eigenvalue weighted by atomic mass is 28.4. The Balaban J connectivity index is 2.33. The van der Waals surface area contributed by atoms with Crippen molar-refractivity contribution >= 4 is 14.1 Å². The third-order valence-electron chi connectivity index (χ3n) is 6.75. The van der Waals surface area contributed by atoms with Crippen molar-refractivity contribution in [3.63, 3.8) is 0 Å². The van der Waals surface area contributed by atoms with Crippen LogP contribution in [0.2, 0.25) is 18.1 Å². The summed E-state index contributed by atoms with van der Waals surface area (Å²) in [5.74, 6) is 0.0907. The van der Waals surface area contributed by atoms with Crippen molar-refractivity contribution in [3.05, 3.63) is 11.6 Å². The molecule has 0 aromatic heterocycles. The predicted molar refractivity (Wildman–Crippen MR) is 97.0 cm³/mol. The Bertz CT molecular complexity index is 517. The second-order valence-corrected chi connectivity index (χ2v) is 14.1. The Morgan fingerprint density at radius 1 is 1.35 bits per heavy atom. The number of fused-ring (bicyclic) bond motifs is 1. The Hall–Kier alpha value is -0.453. The van der Waals surface area contributed by atoms with Gasteiger partial charge in [0.2, 0.25) is 0 Å². The lowest BCUT2D eigenvalue weighted by molar-refractivity contribution is -0.141. The van der Waals surface area contributed by atoms with E-state index in [2.05, 4.69) is 40.8 Å². The summed E-state index contributed by atoms with van der Waals surface area (Å²) >= 11 is 0. The SMILES string of the molecule is CC(=O)C1=C[C@@]2(O)CCC[C@H](O[Si](C)(C)C(C)(C)C)[C@@]2(C)CC1. The van der Waals surface area contributed by atoms with E-state index in [4.69, 9.17) is 4.43 Å². The molecule has 0 spiro atoms. The molecule has 4 heteroatoms. The molecule has 0 bridgehead atoms. The quantitative estimate of drug-likeness (QED) is 0.765. The summed E-state index contributed by atoms with van der Waals surface area (Å²) in [7, 11) is -1.89. The maximum absolute atomic E-state index is 11.8. The molecular weight excluding hydrogens is 304 g/mol. The van der Waals surface area contributed by atoms with Crippen LogP contribution in [-0.2, 0) is 9.22 Å². The normalized spacial score (nSPS) is 35.5. The van der Waals surface area contributed by atoms with E-state index < -0.39 is 13.9 Å². The molecule has 3 atom stereocenters. The molecule has 2 aliphatic rings. The molecule has 1 fully saturated rings. The number of carbonyl (C=O) groups excluding carboxylic acids is 1. The molecular formula is C19H34O3Si. The molecule has 23 heavy (non-hydrogen) atoms. The summed E-state index contributed by atoms with van der Waals surface area (Å²) in [4.78, 5) is 11.8. The molecule has 1 N–H and O–H groups in total. The van der Waals surface area contributed by atoms with Gasteiger partial charge in [-0.15, -0.1) is 0 Å². The Labute approximate surface area is 142 Å². The highest BCUT2D eigenvalue weighted by Gasteiger charge is 2.56. The van der Waals surface area contributed by atoms with Crippen molar-refractivity contribution < 1.29 is 14.3 Å². The second-order valence-electron chi connectivity index (χ2n) is 9.33. The number of ketones is 1. The Kier molecular flexibility index (Phi) is 4.77. The molecule has 2 aliphatic carbocycles. The average Bonchev–Trinajstić information content (AvgIpc) is 2.38. The van der Waals surface area contributed by atoms with Crippen LogP contribution in [0.4, 0.5) is 0 Å². The fraction of sp³-hybridized carbons (Fsp3) is 0.842. The van der Waals surface area contributed by atoms with Crippen molar-refractivity contribution in [2.24, 2.45) is 5.41 Å². The first kappa shape index (κ1) is 18.9. The number of hydrogen-bond donors (Lipinski definition) is 1. The van der Waals surface area contributed by atoms with Crippen LogP contribution in [0, 0.1) is 5.41 Å². The fourth-order valence-corrected chi connectivity index (χ4v) is 5.25. The van der Waals surface area contributed by atoms with Gasteiger partial charge in [0.15, 0.2) is 14.1 Å². The van der Waals surface area contributed by atoms with Crippen molar-refractivity contribution in [2.75, 3.05) is 0 Å². The number of allylic oxidation sites excluding steroid dienone is 1. The number of carbonyl (C=O) groups is 1. The first-order chi connectivity index (χ1) is 10.3. The topological polar surface area (TPSA) is 46.5 Å². The zero-order valence-electron chi connectivity index (χ0n) is 16.0. The number of Topliss-reactive ketones (excluding diaryl/α,β-unsaturated/α-hetero) is 1. The molecule has 0 amide bonds. The first-order valence-corrected chi connectivity index (χ1v) is 11.9. The Morgan fingerprint density at radius 2 is 1.96 bits per heavy atom. The molecule has 0 saturated heterocycles. The average molecular weight is 339 g/mol. The van der Waals surface area contributed by atoms with Gasteiger partial charge in [0, 0.05) is 5.41 Å². The summed E-state index contributed by atoms with van der Waals surface area (Å²) in [6.45, 7) is 15.1. The fourth-order valence-electron chi connectivity index (χ4n) is 3.81. The van der Waals surface area contributed by atoms with Gasteiger partial charge in [-0.2, -0.15) is 0 Å². The van der Waals surface area contributed by atoms with Crippen LogP contribution in [0.5, 0.6) is 0 Å². The van der Waals surface area contributed by atoms with E-state index in [1.165, 1.54) is 0 Å². The van der Waals surface area contributed by atoms with Gasteiger partial charge in [0.05, 0.1) is 11.7 Å². The third kappa shape index (κ3) is 3.22. The standard InChI is InChI=1S/C19H34O3Si/c1-14(20)15-10-12-18(5)16(9-8-11-19(18,21)13-15)22-23(6,7)17(2,3)4/h13,16,21H,8-12H2,1-7H3/t16-,18+,19-/m0/s1. The van der Waals surface area contributed by atoms with Gasteiger partial charge in [-0.05, 0) is 68.8 Å². The molecule has 0 heterocycles. The van der Waals surface area contributed by atoms with E-state index in [-0.39, 0.29) is 22.3 Å². The lowest BCUT2D eigenvalue weighted by Gasteiger charge is -2.56. The zero-order chi connectivity index (χ0) is 17.7. The summed E-state index contributed by atoms with van der Waals surface area (Å²) in [5, 5.41) is 11.5. The summed E-state index contributed by atoms with van der Waals surface area (Å²) in [5.41, 5.74) is -0.407. The number of aliphatic hydroxyl groups is 1. The van der Waals surface area contributed by atoms with E-state index in [9.17, 15) is 9.90 Å². The monoisotopic (exact) mass is 338 g/mol. The van der Waals surface area contributed by atoms with Crippen molar-refractivity contribution in [1.29, 1.82) is 0 Å². The molecule has 0 aliphatic heterocycles. The molecule has 0 aromatic rings. The van der Waals surface area contributed by atoms with Gasteiger partial charge in [0.1, 0.15) is 0 Å². The van der Waals surface area contributed by atoms with Crippen LogP contribution in [-0.4, -0.2) is 30.9 Å². The van der Waals surface area contributed by atoms with Crippen LogP contribution in [0.15, 0.2) is 11.6 Å². The van der Waals surface area contributed by atoms with Crippen LogP contribution in [0.3, 0.4) is 0 Å². The minimum Gasteiger partial charge on any atom is -0.413 e. The maximum atomic E-state index is 11.8. The van der Waals surface area contributed by atoms with Crippen molar-refractivity contribution in [2.45, 2.75) is 96.6 Å². The largest absolute Gasteiger partial charge is 0.413 e. The lowest BCUT2D eigenvalue weighted by atomic mass is 9.57. The van der Waals surface area contributed by atoms with Gasteiger partial charge < -0.3 is 9.53 Å². The molecule has 0 aromatic carbocycles. The third-order valence-corrected chi connectivity index (χ3v) is 11.2. The molecule has 1 saturated carbocycles. The Morgan fingerprint density at radius 3 is 2.48 bits per heavy atom. The molecule has 132 valence electrons. The van der Waals surface area contributed by atoms with Gasteiger partial charge in [-0.1, -0.05) is 27.7 Å². The molecule has 0 radical (unpaired) electrons. The van der Waals surface area contributed by atoms with Gasteiger partial charge in [-0.25, -0.2) is 0 Å². The van der Waals surface area contributed by atoms with Crippen LogP contribution in [0.25, 0.3) is 0 Å². The summed E-state index contributed by atoms with van der Waals surface area (Å²) in [6, 6.07) is 0. The molecule has 0 unspecified atom stereocenters. The van der Waals surface area contributed by atoms with Gasteiger partial charge in [0.25, 0.3) is 0 Å². The summed E-state index contributed by atoms with van der Waals surface area (Å²) in [6.07, 6.45) is 6.21. The van der Waals surface area contributed by atoms with E-state index in [0.29, 0.717) is 0 Å². The summed E-state index contributed by atoms with van der Waals surface area (Å²) < 4.78 is 6.74. The maximum Gasteiger partial charge on any atom is 0.192 e. The predicted octanol–water partition coefficient (Wildman–Crippen LogP) is 4.61. The van der Waals surface area contributed by atoms with E-state index in [1.54, 1.807) is 6.92 Å². The van der Waals surface area contributed by atoms with Crippen molar-refractivity contribution in [1.82, 2.24) is 0 Å². The van der Waals surface area contributed by atoms with Crippen LogP contribution >= 0.6 is 0 Å². The minimum absolute atomic E-state index is 0.0758. The van der Waals surface area contributed by atoms with Gasteiger partial charge in [-0.3, -0.25) is 4.79 Å². The van der Waals surface area contributed by atoms with E-state index in [1.807, 2.05) is 6.08 Å². The second kappa shape index (κ2) is 5.82. The highest BCUT2D eigenvalue weighted by Crippen LogP contribution is 2.54. The molecule has 2 rings (SSSR count). The number of rotatable bonds is 3. The van der Waals surface area contributed by atoms with Crippen molar-refractivity contribution in [3.8, 4) is 0 Å². The first-order valence-electron chi connectivity index (χ1n) is 8.95. The van der Waals surface area contributed by atoms with Crippen LogP contribution < -0.4 is 0 Å². The van der Waals surface area contributed by atoms with Gasteiger partial charge >= 0.3 is 0 Å². The smallest absolute Gasteiger partial charge is 0.192 e. The van der Waals surface area contributed by atoms with E-state index in [0.717, 1.165) is 37.7 Å². The van der Waals surface area contributed by atoms with Crippen LogP contribution in [0.1, 0.15) is 66.7 Å². The highest BCUT2D eigenvalue weighted by molar-refractivity contribution is 6.74. The minimum atomic E-state index is -1.89. The lowest BCUT2D eigenvalue weighted by Crippen LogP contribution is -2.60. The van der Waals surface area contributed by atoms with E-state index >= 15 is 0 Å². The number of hydrogen-bond acceptors (Lipinski definition) is 3. The zero-order valence-corrected chi connectivity index (χ0v) is 17.0.